The van der Waals surface area contributed by atoms with Crippen LogP contribution in [0.25, 0.3) is 0 Å². The molecule has 2 aromatic rings. The molecule has 7 heteroatoms. The second-order valence-corrected chi connectivity index (χ2v) is 8.04. The van der Waals surface area contributed by atoms with Crippen LogP contribution >= 0.6 is 27.5 Å². The topological polar surface area (TPSA) is 63.6 Å². The van der Waals surface area contributed by atoms with Gasteiger partial charge >= 0.3 is 0 Å². The van der Waals surface area contributed by atoms with Crippen LogP contribution in [0.5, 0.6) is 5.75 Å². The normalized spacial score (nSPS) is 12.9. The molecule has 0 saturated heterocycles. The van der Waals surface area contributed by atoms with Gasteiger partial charge in [0, 0.05) is 9.50 Å². The van der Waals surface area contributed by atoms with Gasteiger partial charge in [-0.25, -0.2) is 8.42 Å². The maximum Gasteiger partial charge on any atom is 0.181 e. The van der Waals surface area contributed by atoms with E-state index >= 15 is 0 Å². The predicted molar refractivity (Wildman–Crippen MR) is 89.1 cm³/mol. The first kappa shape index (κ1) is 17.3. The summed E-state index contributed by atoms with van der Waals surface area (Å²) in [5.74, 6) is 0.150. The first-order valence-corrected chi connectivity index (χ1v) is 9.24. The first-order chi connectivity index (χ1) is 10.4. The largest absolute Gasteiger partial charge is 0.491 e. The molecule has 0 radical (unpaired) electrons. The van der Waals surface area contributed by atoms with Crippen molar-refractivity contribution in [1.29, 1.82) is 0 Å². The van der Waals surface area contributed by atoms with E-state index in [2.05, 4.69) is 15.9 Å². The molecule has 0 heterocycles. The van der Waals surface area contributed by atoms with Crippen molar-refractivity contribution in [3.05, 3.63) is 58.0 Å². The van der Waals surface area contributed by atoms with Gasteiger partial charge in [-0.15, -0.1) is 0 Å². The lowest BCUT2D eigenvalue weighted by atomic mass is 10.3. The zero-order valence-corrected chi connectivity index (χ0v) is 14.6. The standard InChI is InChI=1S/C15H14BrClO4S/c16-11-1-5-14(6-2-11)21-9-13(18)10-22(19,20)15-7-3-12(17)4-8-15/h1-8,13,18H,9-10H2. The van der Waals surface area contributed by atoms with E-state index < -0.39 is 21.7 Å². The highest BCUT2D eigenvalue weighted by molar-refractivity contribution is 9.10. The number of sulfone groups is 1. The molecule has 22 heavy (non-hydrogen) atoms. The van der Waals surface area contributed by atoms with E-state index in [1.165, 1.54) is 24.3 Å². The average molecular weight is 406 g/mol. The Balaban J connectivity index is 1.94. The molecule has 0 saturated carbocycles. The van der Waals surface area contributed by atoms with Crippen molar-refractivity contribution >= 4 is 37.4 Å². The van der Waals surface area contributed by atoms with Gasteiger partial charge in [-0.2, -0.15) is 0 Å². The van der Waals surface area contributed by atoms with Gasteiger partial charge in [-0.3, -0.25) is 0 Å². The molecule has 0 fully saturated rings. The first-order valence-electron chi connectivity index (χ1n) is 6.41. The van der Waals surface area contributed by atoms with Gasteiger partial charge in [0.2, 0.25) is 0 Å². The summed E-state index contributed by atoms with van der Waals surface area (Å²) in [4.78, 5) is 0.125. The monoisotopic (exact) mass is 404 g/mol. The number of ether oxygens (including phenoxy) is 1. The second kappa shape index (κ2) is 7.46. The Morgan fingerprint density at radius 2 is 1.68 bits per heavy atom. The van der Waals surface area contributed by atoms with Crippen LogP contribution in [0.1, 0.15) is 0 Å². The maximum atomic E-state index is 12.1. The molecule has 2 rings (SSSR count). The van der Waals surface area contributed by atoms with Crippen LogP contribution in [0.15, 0.2) is 57.9 Å². The minimum atomic E-state index is -3.58. The highest BCUT2D eigenvalue weighted by Gasteiger charge is 2.20. The maximum absolute atomic E-state index is 12.1. The molecule has 0 bridgehead atoms. The third-order valence-electron chi connectivity index (χ3n) is 2.84. The summed E-state index contributed by atoms with van der Waals surface area (Å²) in [5, 5.41) is 10.3. The third-order valence-corrected chi connectivity index (χ3v) is 5.44. The van der Waals surface area contributed by atoms with E-state index in [4.69, 9.17) is 16.3 Å². The smallest absolute Gasteiger partial charge is 0.181 e. The molecule has 1 atom stereocenters. The zero-order valence-electron chi connectivity index (χ0n) is 11.4. The molecular weight excluding hydrogens is 392 g/mol. The van der Waals surface area contributed by atoms with Crippen molar-refractivity contribution in [2.24, 2.45) is 0 Å². The van der Waals surface area contributed by atoms with Crippen LogP contribution in [0, 0.1) is 0 Å². The summed E-state index contributed by atoms with van der Waals surface area (Å²) in [5.41, 5.74) is 0. The van der Waals surface area contributed by atoms with Crippen LogP contribution in [0.3, 0.4) is 0 Å². The molecule has 1 N–H and O–H groups in total. The Kier molecular flexibility index (Phi) is 5.86. The van der Waals surface area contributed by atoms with Crippen molar-refractivity contribution < 1.29 is 18.3 Å². The molecule has 0 aromatic heterocycles. The van der Waals surface area contributed by atoms with E-state index in [1.54, 1.807) is 24.3 Å². The predicted octanol–water partition coefficient (Wildman–Crippen LogP) is 3.32. The summed E-state index contributed by atoms with van der Waals surface area (Å²) in [6, 6.07) is 12.9. The zero-order chi connectivity index (χ0) is 16.2. The number of halogens is 2. The van der Waals surface area contributed by atoms with Crippen LogP contribution in [-0.4, -0.2) is 32.0 Å². The van der Waals surface area contributed by atoms with Gasteiger partial charge in [0.25, 0.3) is 0 Å². The molecule has 0 spiro atoms. The van der Waals surface area contributed by atoms with Crippen molar-refractivity contribution in [3.8, 4) is 5.75 Å². The van der Waals surface area contributed by atoms with Gasteiger partial charge in [0.1, 0.15) is 18.5 Å². The Hall–Kier alpha value is -1.08. The summed E-state index contributed by atoms with van der Waals surface area (Å²) >= 11 is 9.03. The lowest BCUT2D eigenvalue weighted by Crippen LogP contribution is -2.27. The van der Waals surface area contributed by atoms with E-state index in [0.29, 0.717) is 10.8 Å². The lowest BCUT2D eigenvalue weighted by Gasteiger charge is -2.13. The van der Waals surface area contributed by atoms with Crippen LogP contribution in [0.2, 0.25) is 5.02 Å². The molecule has 0 aliphatic heterocycles. The van der Waals surface area contributed by atoms with Crippen LogP contribution in [-0.2, 0) is 9.84 Å². The van der Waals surface area contributed by atoms with E-state index in [-0.39, 0.29) is 11.5 Å². The minimum Gasteiger partial charge on any atom is -0.491 e. The molecule has 0 amide bonds. The Morgan fingerprint density at radius 3 is 2.27 bits per heavy atom. The van der Waals surface area contributed by atoms with Crippen LogP contribution in [0.4, 0.5) is 0 Å². The number of aliphatic hydroxyl groups excluding tert-OH is 1. The fourth-order valence-electron chi connectivity index (χ4n) is 1.76. The van der Waals surface area contributed by atoms with Gasteiger partial charge in [0.15, 0.2) is 9.84 Å². The number of aliphatic hydroxyl groups is 1. The second-order valence-electron chi connectivity index (χ2n) is 4.65. The fourth-order valence-corrected chi connectivity index (χ4v) is 3.50. The van der Waals surface area contributed by atoms with E-state index in [1.807, 2.05) is 0 Å². The van der Waals surface area contributed by atoms with Crippen molar-refractivity contribution in [2.45, 2.75) is 11.0 Å². The SMILES string of the molecule is O=S(=O)(CC(O)COc1ccc(Br)cc1)c1ccc(Cl)cc1. The number of hydrogen-bond acceptors (Lipinski definition) is 4. The number of rotatable bonds is 6. The minimum absolute atomic E-state index is 0.103. The summed E-state index contributed by atoms with van der Waals surface area (Å²) in [7, 11) is -3.58. The highest BCUT2D eigenvalue weighted by atomic mass is 79.9. The summed E-state index contributed by atoms with van der Waals surface area (Å²) in [6.45, 7) is -0.103. The van der Waals surface area contributed by atoms with E-state index in [0.717, 1.165) is 4.47 Å². The van der Waals surface area contributed by atoms with E-state index in [9.17, 15) is 13.5 Å². The molecular formula is C15H14BrClO4S. The van der Waals surface area contributed by atoms with Gasteiger partial charge in [-0.05, 0) is 48.5 Å². The van der Waals surface area contributed by atoms with Gasteiger partial charge in [-0.1, -0.05) is 27.5 Å². The molecule has 118 valence electrons. The van der Waals surface area contributed by atoms with Crippen molar-refractivity contribution in [3.63, 3.8) is 0 Å². The molecule has 1 unspecified atom stereocenters. The van der Waals surface area contributed by atoms with Crippen molar-refractivity contribution in [1.82, 2.24) is 0 Å². The quantitative estimate of drug-likeness (QED) is 0.801. The number of benzene rings is 2. The van der Waals surface area contributed by atoms with Crippen LogP contribution < -0.4 is 4.74 Å². The Morgan fingerprint density at radius 1 is 1.09 bits per heavy atom. The average Bonchev–Trinajstić information content (AvgIpc) is 2.46. The summed E-state index contributed by atoms with van der Waals surface area (Å²) < 4.78 is 30.6. The number of hydrogen-bond donors (Lipinski definition) is 1. The molecule has 0 aliphatic rings. The third kappa shape index (κ3) is 4.98. The van der Waals surface area contributed by atoms with Gasteiger partial charge < -0.3 is 9.84 Å². The molecule has 4 nitrogen and oxygen atoms in total. The lowest BCUT2D eigenvalue weighted by molar-refractivity contribution is 0.125. The molecule has 2 aromatic carbocycles. The fraction of sp³-hybridized carbons (Fsp3) is 0.200. The summed E-state index contributed by atoms with van der Waals surface area (Å²) in [6.07, 6.45) is -1.12. The Bertz CT molecular complexity index is 714. The Labute approximate surface area is 142 Å². The van der Waals surface area contributed by atoms with Gasteiger partial charge in [0.05, 0.1) is 10.6 Å². The van der Waals surface area contributed by atoms with Crippen molar-refractivity contribution in [2.75, 3.05) is 12.4 Å². The highest BCUT2D eigenvalue weighted by Crippen LogP contribution is 2.18. The molecule has 0 aliphatic carbocycles.